The van der Waals surface area contributed by atoms with E-state index in [4.69, 9.17) is 4.74 Å². The minimum Gasteiger partial charge on any atom is -0.463 e. The lowest BCUT2D eigenvalue weighted by Crippen LogP contribution is -1.98. The van der Waals surface area contributed by atoms with Crippen LogP contribution in [0, 0.1) is 0 Å². The highest BCUT2D eigenvalue weighted by atomic mass is 16.5. The monoisotopic (exact) mass is 226 g/mol. The maximum atomic E-state index is 11.2. The highest BCUT2D eigenvalue weighted by Gasteiger charge is 1.98. The van der Waals surface area contributed by atoms with Crippen LogP contribution in [-0.2, 0) is 9.53 Å². The second-order valence-electron chi connectivity index (χ2n) is 3.65. The summed E-state index contributed by atoms with van der Waals surface area (Å²) in [6.07, 6.45) is 3.26. The van der Waals surface area contributed by atoms with E-state index < -0.39 is 0 Å². The van der Waals surface area contributed by atoms with Gasteiger partial charge in [0.25, 0.3) is 0 Å². The fourth-order valence-electron chi connectivity index (χ4n) is 1.74. The van der Waals surface area contributed by atoms with Crippen LogP contribution in [0.15, 0.2) is 48.5 Å². The second kappa shape index (κ2) is 5.30. The van der Waals surface area contributed by atoms with Crippen molar-refractivity contribution in [3.63, 3.8) is 0 Å². The molecule has 0 aliphatic carbocycles. The molecule has 0 radical (unpaired) electrons. The summed E-state index contributed by atoms with van der Waals surface area (Å²) >= 11 is 0. The zero-order valence-electron chi connectivity index (χ0n) is 9.72. The fourth-order valence-corrected chi connectivity index (χ4v) is 1.74. The van der Waals surface area contributed by atoms with Crippen molar-refractivity contribution in [1.82, 2.24) is 0 Å². The average Bonchev–Trinajstić information content (AvgIpc) is 2.36. The molecule has 0 heterocycles. The van der Waals surface area contributed by atoms with Gasteiger partial charge in [-0.2, -0.15) is 0 Å². The molecular weight excluding hydrogens is 212 g/mol. The minimum atomic E-state index is -0.305. The van der Waals surface area contributed by atoms with E-state index in [0.717, 1.165) is 10.9 Å². The third kappa shape index (κ3) is 2.72. The molecule has 17 heavy (non-hydrogen) atoms. The highest BCUT2D eigenvalue weighted by molar-refractivity contribution is 5.94. The van der Waals surface area contributed by atoms with Crippen molar-refractivity contribution in [3.8, 4) is 0 Å². The van der Waals surface area contributed by atoms with E-state index in [1.54, 1.807) is 13.0 Å². The zero-order valence-corrected chi connectivity index (χ0v) is 9.72. The predicted molar refractivity (Wildman–Crippen MR) is 69.6 cm³/mol. The smallest absolute Gasteiger partial charge is 0.330 e. The molecule has 0 aliphatic heterocycles. The number of rotatable bonds is 3. The molecule has 86 valence electrons. The summed E-state index contributed by atoms with van der Waals surface area (Å²) in [4.78, 5) is 11.2. The van der Waals surface area contributed by atoms with E-state index in [1.807, 2.05) is 30.3 Å². The quantitative estimate of drug-likeness (QED) is 0.592. The summed E-state index contributed by atoms with van der Waals surface area (Å²) in [6.45, 7) is 2.20. The summed E-state index contributed by atoms with van der Waals surface area (Å²) in [6, 6.07) is 14.1. The molecule has 2 rings (SSSR count). The summed E-state index contributed by atoms with van der Waals surface area (Å²) < 4.78 is 4.85. The molecule has 2 nitrogen and oxygen atoms in total. The SMILES string of the molecule is CCOC(=O)/C=C\c1cccc2ccccc12. The molecule has 0 N–H and O–H groups in total. The Morgan fingerprint density at radius 3 is 2.76 bits per heavy atom. The first kappa shape index (κ1) is 11.4. The van der Waals surface area contributed by atoms with E-state index in [2.05, 4.69) is 12.1 Å². The molecule has 2 aromatic carbocycles. The first-order valence-electron chi connectivity index (χ1n) is 5.64. The van der Waals surface area contributed by atoms with Crippen LogP contribution in [0.3, 0.4) is 0 Å². The number of carbonyl (C=O) groups excluding carboxylic acids is 1. The molecule has 0 aliphatic rings. The average molecular weight is 226 g/mol. The van der Waals surface area contributed by atoms with Gasteiger partial charge in [0.1, 0.15) is 0 Å². The van der Waals surface area contributed by atoms with Crippen molar-refractivity contribution in [2.45, 2.75) is 6.92 Å². The number of hydrogen-bond acceptors (Lipinski definition) is 2. The van der Waals surface area contributed by atoms with Gasteiger partial charge >= 0.3 is 5.97 Å². The van der Waals surface area contributed by atoms with Crippen LogP contribution in [-0.4, -0.2) is 12.6 Å². The lowest BCUT2D eigenvalue weighted by atomic mass is 10.0. The third-order valence-corrected chi connectivity index (χ3v) is 2.51. The van der Waals surface area contributed by atoms with Crippen LogP contribution in [0.4, 0.5) is 0 Å². The number of hydrogen-bond donors (Lipinski definition) is 0. The number of benzene rings is 2. The Morgan fingerprint density at radius 1 is 1.18 bits per heavy atom. The number of fused-ring (bicyclic) bond motifs is 1. The van der Waals surface area contributed by atoms with Crippen LogP contribution in [0.25, 0.3) is 16.8 Å². The molecule has 0 atom stereocenters. The van der Waals surface area contributed by atoms with E-state index in [1.165, 1.54) is 11.5 Å². The first-order valence-corrected chi connectivity index (χ1v) is 5.64. The zero-order chi connectivity index (χ0) is 12.1. The maximum Gasteiger partial charge on any atom is 0.330 e. The van der Waals surface area contributed by atoms with Crippen molar-refractivity contribution in [2.24, 2.45) is 0 Å². The van der Waals surface area contributed by atoms with E-state index in [-0.39, 0.29) is 5.97 Å². The fraction of sp³-hybridized carbons (Fsp3) is 0.133. The Kier molecular flexibility index (Phi) is 3.55. The summed E-state index contributed by atoms with van der Waals surface area (Å²) in [7, 11) is 0. The molecule has 0 saturated carbocycles. The molecule has 0 unspecified atom stereocenters. The number of ether oxygens (including phenoxy) is 1. The van der Waals surface area contributed by atoms with Crippen molar-refractivity contribution in [1.29, 1.82) is 0 Å². The molecule has 0 spiro atoms. The lowest BCUT2D eigenvalue weighted by molar-refractivity contribution is -0.137. The van der Waals surface area contributed by atoms with Gasteiger partial charge in [-0.3, -0.25) is 0 Å². The van der Waals surface area contributed by atoms with Crippen LogP contribution >= 0.6 is 0 Å². The van der Waals surface area contributed by atoms with Gasteiger partial charge in [-0.15, -0.1) is 0 Å². The number of esters is 1. The Hall–Kier alpha value is -2.09. The Balaban J connectivity index is 2.33. The lowest BCUT2D eigenvalue weighted by Gasteiger charge is -2.01. The second-order valence-corrected chi connectivity index (χ2v) is 3.65. The standard InChI is InChI=1S/C15H14O2/c1-2-17-15(16)11-10-13-8-5-7-12-6-3-4-9-14(12)13/h3-11H,2H2,1H3/b11-10-. The van der Waals surface area contributed by atoms with Gasteiger partial charge in [0.2, 0.25) is 0 Å². The van der Waals surface area contributed by atoms with Gasteiger partial charge < -0.3 is 4.74 Å². The summed E-state index contributed by atoms with van der Waals surface area (Å²) in [5.41, 5.74) is 1.02. The normalized spacial score (nSPS) is 10.9. The topological polar surface area (TPSA) is 26.3 Å². The third-order valence-electron chi connectivity index (χ3n) is 2.51. The van der Waals surface area contributed by atoms with Crippen LogP contribution in [0.2, 0.25) is 0 Å². The van der Waals surface area contributed by atoms with Gasteiger partial charge in [0.05, 0.1) is 6.61 Å². The highest BCUT2D eigenvalue weighted by Crippen LogP contribution is 2.19. The largest absolute Gasteiger partial charge is 0.463 e. The van der Waals surface area contributed by atoms with Crippen molar-refractivity contribution in [3.05, 3.63) is 54.1 Å². The summed E-state index contributed by atoms with van der Waals surface area (Å²) in [5.74, 6) is -0.305. The molecule has 0 fully saturated rings. The van der Waals surface area contributed by atoms with Crippen LogP contribution in [0.5, 0.6) is 0 Å². The Bertz CT molecular complexity index is 550. The van der Waals surface area contributed by atoms with Gasteiger partial charge in [0, 0.05) is 6.08 Å². The Labute approximate surface area is 101 Å². The van der Waals surface area contributed by atoms with Gasteiger partial charge in [-0.05, 0) is 29.3 Å². The van der Waals surface area contributed by atoms with Gasteiger partial charge in [0.15, 0.2) is 0 Å². The van der Waals surface area contributed by atoms with Crippen molar-refractivity contribution in [2.75, 3.05) is 6.61 Å². The van der Waals surface area contributed by atoms with Crippen LogP contribution in [0.1, 0.15) is 12.5 Å². The molecular formula is C15H14O2. The number of carbonyl (C=O) groups is 1. The van der Waals surface area contributed by atoms with E-state index in [9.17, 15) is 4.79 Å². The molecule has 0 amide bonds. The van der Waals surface area contributed by atoms with Crippen molar-refractivity contribution < 1.29 is 9.53 Å². The van der Waals surface area contributed by atoms with E-state index in [0.29, 0.717) is 6.61 Å². The summed E-state index contributed by atoms with van der Waals surface area (Å²) in [5, 5.41) is 2.30. The molecule has 0 saturated heterocycles. The Morgan fingerprint density at radius 2 is 1.94 bits per heavy atom. The minimum absolute atomic E-state index is 0.305. The van der Waals surface area contributed by atoms with Gasteiger partial charge in [-0.25, -0.2) is 4.79 Å². The molecule has 2 aromatic rings. The van der Waals surface area contributed by atoms with Gasteiger partial charge in [-0.1, -0.05) is 42.5 Å². The van der Waals surface area contributed by atoms with Crippen LogP contribution < -0.4 is 0 Å². The molecule has 2 heteroatoms. The molecule has 0 bridgehead atoms. The first-order chi connectivity index (χ1) is 8.31. The molecule has 0 aromatic heterocycles. The van der Waals surface area contributed by atoms with E-state index >= 15 is 0 Å². The predicted octanol–water partition coefficient (Wildman–Crippen LogP) is 3.42. The maximum absolute atomic E-state index is 11.2. The van der Waals surface area contributed by atoms with Crippen molar-refractivity contribution >= 4 is 22.8 Å².